The maximum atomic E-state index is 12.9. The Hall–Kier alpha value is -1.26. The van der Waals surface area contributed by atoms with E-state index in [4.69, 9.17) is 46.4 Å². The number of rotatable bonds is 3. The molecule has 0 unspecified atom stereocenters. The van der Waals surface area contributed by atoms with E-state index >= 15 is 0 Å². The maximum Gasteiger partial charge on any atom is 0.274 e. The van der Waals surface area contributed by atoms with Gasteiger partial charge in [0, 0.05) is 10.6 Å². The molecule has 0 spiro atoms. The Kier molecular flexibility index (Phi) is 6.39. The number of carbonyl (C=O) groups excluding carboxylic acids is 1. The van der Waals surface area contributed by atoms with Crippen molar-refractivity contribution in [2.24, 2.45) is 5.10 Å². The van der Waals surface area contributed by atoms with Gasteiger partial charge in [0.1, 0.15) is 0 Å². The van der Waals surface area contributed by atoms with Gasteiger partial charge in [-0.3, -0.25) is 4.79 Å². The fourth-order valence-corrected chi connectivity index (χ4v) is 2.73. The quantitative estimate of drug-likeness (QED) is 0.315. The molecule has 0 saturated carbocycles. The summed E-state index contributed by atoms with van der Waals surface area (Å²) in [7, 11) is 0. The van der Waals surface area contributed by atoms with E-state index in [-0.39, 0.29) is 21.0 Å². The molecule has 0 atom stereocenters. The molecular formula is C18H16Cl4N2O. The van der Waals surface area contributed by atoms with Gasteiger partial charge in [-0.15, -0.1) is 0 Å². The standard InChI is InChI=1S/C18H16Cl4N2O/c1-18(2,3)24(23-10-11-4-6-13(19)7-5-11)17(25)12-8-14(20)16(22)15(21)9-12/h4-10H,1-3H3/b23-10+. The molecule has 0 saturated heterocycles. The lowest BCUT2D eigenvalue weighted by Crippen LogP contribution is -2.42. The summed E-state index contributed by atoms with van der Waals surface area (Å²) in [5.74, 6) is -0.335. The Morgan fingerprint density at radius 1 is 1.00 bits per heavy atom. The van der Waals surface area contributed by atoms with E-state index in [2.05, 4.69) is 5.10 Å². The van der Waals surface area contributed by atoms with Crippen molar-refractivity contribution in [2.45, 2.75) is 26.3 Å². The summed E-state index contributed by atoms with van der Waals surface area (Å²) in [5.41, 5.74) is 0.569. The number of hydrogen-bond donors (Lipinski definition) is 0. The highest BCUT2D eigenvalue weighted by atomic mass is 35.5. The predicted octanol–water partition coefficient (Wildman–Crippen LogP) is 6.58. The van der Waals surface area contributed by atoms with Gasteiger partial charge in [-0.05, 0) is 50.6 Å². The van der Waals surface area contributed by atoms with Crippen molar-refractivity contribution < 1.29 is 4.79 Å². The molecule has 132 valence electrons. The molecule has 0 N–H and O–H groups in total. The number of hydrazone groups is 1. The first-order valence-corrected chi connectivity index (χ1v) is 8.89. The van der Waals surface area contributed by atoms with Crippen LogP contribution in [0, 0.1) is 0 Å². The number of benzene rings is 2. The molecule has 0 heterocycles. The molecule has 0 radical (unpaired) electrons. The zero-order valence-corrected chi connectivity index (χ0v) is 16.9. The molecule has 25 heavy (non-hydrogen) atoms. The molecule has 0 fully saturated rings. The molecule has 0 aliphatic rings. The number of carbonyl (C=O) groups is 1. The van der Waals surface area contributed by atoms with Crippen LogP contribution < -0.4 is 0 Å². The summed E-state index contributed by atoms with van der Waals surface area (Å²) < 4.78 is 0. The molecule has 0 aliphatic carbocycles. The Morgan fingerprint density at radius 2 is 1.52 bits per heavy atom. The Morgan fingerprint density at radius 3 is 2.00 bits per heavy atom. The molecule has 0 aliphatic heterocycles. The maximum absolute atomic E-state index is 12.9. The third-order valence-corrected chi connectivity index (χ3v) is 4.70. The van der Waals surface area contributed by atoms with E-state index in [1.807, 2.05) is 32.9 Å². The van der Waals surface area contributed by atoms with Gasteiger partial charge in [0.15, 0.2) is 0 Å². The second-order valence-electron chi connectivity index (χ2n) is 6.34. The molecule has 3 nitrogen and oxygen atoms in total. The molecule has 7 heteroatoms. The van der Waals surface area contributed by atoms with Crippen molar-refractivity contribution in [1.82, 2.24) is 5.01 Å². The summed E-state index contributed by atoms with van der Waals surface area (Å²) in [6, 6.07) is 10.1. The first kappa shape index (κ1) is 20.1. The molecule has 0 aromatic heterocycles. The molecular weight excluding hydrogens is 402 g/mol. The van der Waals surface area contributed by atoms with Gasteiger partial charge in [-0.2, -0.15) is 5.10 Å². The minimum atomic E-state index is -0.557. The second-order valence-corrected chi connectivity index (χ2v) is 7.97. The van der Waals surface area contributed by atoms with Gasteiger partial charge in [0.05, 0.1) is 26.8 Å². The molecule has 0 bridgehead atoms. The Bertz CT molecular complexity index is 788. The van der Waals surface area contributed by atoms with Gasteiger partial charge < -0.3 is 0 Å². The first-order chi connectivity index (χ1) is 11.6. The smallest absolute Gasteiger partial charge is 0.267 e. The molecule has 2 rings (SSSR count). The zero-order chi connectivity index (χ0) is 18.8. The van der Waals surface area contributed by atoms with Crippen molar-refractivity contribution in [3.63, 3.8) is 0 Å². The summed E-state index contributed by atoms with van der Waals surface area (Å²) in [6.07, 6.45) is 1.60. The van der Waals surface area contributed by atoms with Crippen molar-refractivity contribution in [3.05, 3.63) is 67.6 Å². The fraction of sp³-hybridized carbons (Fsp3) is 0.222. The summed E-state index contributed by atoms with van der Waals surface area (Å²) in [4.78, 5) is 12.9. The summed E-state index contributed by atoms with van der Waals surface area (Å²) in [6.45, 7) is 5.63. The van der Waals surface area contributed by atoms with Crippen LogP contribution in [-0.2, 0) is 0 Å². The Labute approximate surface area is 167 Å². The van der Waals surface area contributed by atoms with Crippen LogP contribution in [-0.4, -0.2) is 22.7 Å². The second kappa shape index (κ2) is 7.96. The van der Waals surface area contributed by atoms with Crippen molar-refractivity contribution in [3.8, 4) is 0 Å². The highest BCUT2D eigenvalue weighted by Gasteiger charge is 2.28. The average Bonchev–Trinajstić information content (AvgIpc) is 2.52. The van der Waals surface area contributed by atoms with Crippen LogP contribution in [0.4, 0.5) is 0 Å². The van der Waals surface area contributed by atoms with Crippen LogP contribution in [0.15, 0.2) is 41.5 Å². The average molecular weight is 418 g/mol. The van der Waals surface area contributed by atoms with E-state index in [1.165, 1.54) is 17.1 Å². The van der Waals surface area contributed by atoms with E-state index in [1.54, 1.807) is 18.3 Å². The van der Waals surface area contributed by atoms with E-state index < -0.39 is 5.54 Å². The number of nitrogens with zero attached hydrogens (tertiary/aromatic N) is 2. The third kappa shape index (κ3) is 5.11. The van der Waals surface area contributed by atoms with Crippen molar-refractivity contribution in [2.75, 3.05) is 0 Å². The molecule has 2 aromatic carbocycles. The van der Waals surface area contributed by atoms with E-state index in [9.17, 15) is 4.79 Å². The summed E-state index contributed by atoms with van der Waals surface area (Å²) in [5, 5.41) is 7.00. The third-order valence-electron chi connectivity index (χ3n) is 3.25. The number of amides is 1. The van der Waals surface area contributed by atoms with Crippen LogP contribution >= 0.6 is 46.4 Å². The van der Waals surface area contributed by atoms with Crippen LogP contribution in [0.5, 0.6) is 0 Å². The van der Waals surface area contributed by atoms with Gasteiger partial charge in [0.2, 0.25) is 0 Å². The van der Waals surface area contributed by atoms with Gasteiger partial charge in [0.25, 0.3) is 5.91 Å². The molecule has 1 amide bonds. The highest BCUT2D eigenvalue weighted by Crippen LogP contribution is 2.32. The van der Waals surface area contributed by atoms with Crippen molar-refractivity contribution >= 4 is 58.5 Å². The van der Waals surface area contributed by atoms with Crippen LogP contribution in [0.2, 0.25) is 20.1 Å². The van der Waals surface area contributed by atoms with Crippen LogP contribution in [0.25, 0.3) is 0 Å². The zero-order valence-electron chi connectivity index (χ0n) is 13.9. The minimum absolute atomic E-state index is 0.215. The number of halogens is 4. The first-order valence-electron chi connectivity index (χ1n) is 7.38. The van der Waals surface area contributed by atoms with Crippen LogP contribution in [0.3, 0.4) is 0 Å². The SMILES string of the molecule is CC(C)(C)N(/N=C/c1ccc(Cl)cc1)C(=O)c1cc(Cl)c(Cl)c(Cl)c1. The lowest BCUT2D eigenvalue weighted by atomic mass is 10.1. The highest BCUT2D eigenvalue weighted by molar-refractivity contribution is 6.48. The largest absolute Gasteiger partial charge is 0.274 e. The fourth-order valence-electron chi connectivity index (χ4n) is 2.00. The lowest BCUT2D eigenvalue weighted by molar-refractivity contribution is 0.0593. The van der Waals surface area contributed by atoms with Crippen molar-refractivity contribution in [1.29, 1.82) is 0 Å². The minimum Gasteiger partial charge on any atom is -0.267 e. The van der Waals surface area contributed by atoms with E-state index in [0.29, 0.717) is 10.6 Å². The van der Waals surface area contributed by atoms with Crippen LogP contribution in [0.1, 0.15) is 36.7 Å². The van der Waals surface area contributed by atoms with Gasteiger partial charge >= 0.3 is 0 Å². The normalized spacial score (nSPS) is 11.8. The van der Waals surface area contributed by atoms with Gasteiger partial charge in [-0.25, -0.2) is 5.01 Å². The Balaban J connectivity index is 2.37. The number of hydrogen-bond acceptors (Lipinski definition) is 2. The lowest BCUT2D eigenvalue weighted by Gasteiger charge is -2.31. The summed E-state index contributed by atoms with van der Waals surface area (Å²) >= 11 is 23.9. The molecule has 2 aromatic rings. The van der Waals surface area contributed by atoms with E-state index in [0.717, 1.165) is 5.56 Å². The topological polar surface area (TPSA) is 32.7 Å². The monoisotopic (exact) mass is 416 g/mol. The van der Waals surface area contributed by atoms with Gasteiger partial charge in [-0.1, -0.05) is 58.5 Å². The predicted molar refractivity (Wildman–Crippen MR) is 106 cm³/mol.